The van der Waals surface area contributed by atoms with E-state index in [1.165, 1.54) is 83.5 Å². The van der Waals surface area contributed by atoms with Crippen LogP contribution in [-0.2, 0) is 120 Å². The fourth-order valence-corrected chi connectivity index (χ4v) is 16.2. The lowest BCUT2D eigenvalue weighted by Gasteiger charge is -2.36. The molecule has 133 heavy (non-hydrogen) atoms. The zero-order chi connectivity index (χ0) is 97.3. The van der Waals surface area contributed by atoms with Gasteiger partial charge in [0, 0.05) is 96.0 Å². The van der Waals surface area contributed by atoms with Crippen molar-refractivity contribution in [2.24, 2.45) is 17.6 Å². The van der Waals surface area contributed by atoms with Gasteiger partial charge in [0.25, 0.3) is 0 Å². The standard InChI is InChI=1S/C95H120N16O21S/c1-10-11-31-74-89(126)99-52-79(115)100-70(49-82(119)120)88(125)107-83(56(4)5)95(132)110(8)76(46-58-25-17-13-18-26-58)91(128)105-72(45-61-34-38-64(113)39-35-61)93(130)108(6)75(40-41-81(117)118)90(127)104-69(48-62-50-97-66-30-22-21-29-65(62)66)87(124)103-68(43-60-32-36-63(112)37-33-60)86(123)102-67(42-55(2)3)85(122)106-73(84(121)98-51-78(96)114)53-133-54-80(116)101-71(44-57-23-15-12-16-24-57)92(129)111(9)77(94(131)109(74)7)47-59-27-19-14-20-28-59/h12-30,32-39,50,55-56,67-77,83,97,112-113H,10-11,31,40-49,51-54H2,1-9H3,(H2,96,114)(H,98,121)(H,99,126)(H,100,115)(H,101,116)(H,102,123)(H,103,124)(H,104,127)(H,105,128)(H,106,122)(H,107,125)(H,117,118)(H,119,120)/t67-,68-,69?,70-,71-,72-,73-,74-,75-,76-,77-,83-/m0/s1. The highest BCUT2D eigenvalue weighted by Crippen LogP contribution is 2.25. The fraction of sp³-hybridized carbons (Fsp3) is 0.421. The van der Waals surface area contributed by atoms with Crippen LogP contribution >= 0.6 is 11.8 Å². The molecule has 0 radical (unpaired) electrons. The number of aromatic amines is 1. The average Bonchev–Trinajstić information content (AvgIpc) is 1.81. The van der Waals surface area contributed by atoms with E-state index in [0.717, 1.165) is 38.4 Å². The molecule has 38 heteroatoms. The van der Waals surface area contributed by atoms with E-state index in [4.69, 9.17) is 5.73 Å². The number of carbonyl (C=O) groups excluding carboxylic acids is 15. The lowest BCUT2D eigenvalue weighted by molar-refractivity contribution is -0.149. The van der Waals surface area contributed by atoms with Crippen LogP contribution in [0.5, 0.6) is 11.5 Å². The van der Waals surface area contributed by atoms with E-state index >= 15 is 43.2 Å². The number of carboxylic acid groups (broad SMARTS) is 2. The van der Waals surface area contributed by atoms with Gasteiger partial charge in [0.2, 0.25) is 88.6 Å². The molecular weight excluding hydrogens is 1730 g/mol. The summed E-state index contributed by atoms with van der Waals surface area (Å²) in [6.45, 7) is 6.71. The number of aromatic hydroxyl groups is 2. The Labute approximate surface area is 774 Å². The number of fused-ring (bicyclic) bond motifs is 1. The van der Waals surface area contributed by atoms with Crippen LogP contribution in [0.1, 0.15) is 113 Å². The van der Waals surface area contributed by atoms with Crippen LogP contribution < -0.4 is 58.9 Å². The zero-order valence-electron chi connectivity index (χ0n) is 75.8. The third-order valence-corrected chi connectivity index (χ3v) is 23.8. The first kappa shape index (κ1) is 104. The summed E-state index contributed by atoms with van der Waals surface area (Å²) < 4.78 is 0. The van der Waals surface area contributed by atoms with E-state index in [2.05, 4.69) is 58.2 Å². The van der Waals surface area contributed by atoms with Gasteiger partial charge in [-0.1, -0.05) is 181 Å². The van der Waals surface area contributed by atoms with Crippen LogP contribution in [0.3, 0.4) is 0 Å². The number of nitrogens with two attached hydrogens (primary N) is 1. The van der Waals surface area contributed by atoms with Gasteiger partial charge in [-0.15, -0.1) is 11.8 Å². The van der Waals surface area contributed by atoms with Crippen molar-refractivity contribution in [2.75, 3.05) is 52.8 Å². The molecule has 1 fully saturated rings. The minimum absolute atomic E-state index is 0.00139. The number of nitrogens with one attached hydrogen (secondary N) is 11. The molecule has 6 aromatic carbocycles. The molecule has 7 aromatic rings. The number of carboxylic acids is 2. The van der Waals surface area contributed by atoms with E-state index < -0.39 is 235 Å². The van der Waals surface area contributed by atoms with Gasteiger partial charge < -0.3 is 104 Å². The predicted molar refractivity (Wildman–Crippen MR) is 493 cm³/mol. The van der Waals surface area contributed by atoms with Gasteiger partial charge in [-0.25, -0.2) is 0 Å². The second-order valence-electron chi connectivity index (χ2n) is 33.7. The molecule has 0 spiro atoms. The van der Waals surface area contributed by atoms with Gasteiger partial charge in [-0.05, 0) is 94.8 Å². The van der Waals surface area contributed by atoms with Gasteiger partial charge in [0.05, 0.1) is 25.3 Å². The van der Waals surface area contributed by atoms with Crippen molar-refractivity contribution in [3.63, 3.8) is 0 Å². The number of aliphatic carboxylic acids is 2. The molecule has 0 aliphatic carbocycles. The van der Waals surface area contributed by atoms with Gasteiger partial charge in [0.15, 0.2) is 0 Å². The van der Waals surface area contributed by atoms with Gasteiger partial charge >= 0.3 is 11.9 Å². The molecule has 0 bridgehead atoms. The minimum atomic E-state index is -1.95. The van der Waals surface area contributed by atoms with Gasteiger partial charge in [-0.3, -0.25) is 81.5 Å². The molecule has 15 amide bonds. The summed E-state index contributed by atoms with van der Waals surface area (Å²) in [4.78, 5) is 256. The number of phenols is 2. The smallest absolute Gasteiger partial charge is 0.305 e. The normalized spacial score (nSPS) is 22.1. The summed E-state index contributed by atoms with van der Waals surface area (Å²) in [6.07, 6.45) is -1.95. The maximum absolute atomic E-state index is 15.8. The van der Waals surface area contributed by atoms with Crippen LogP contribution in [-0.4, -0.2) is 271 Å². The molecule has 1 aliphatic rings. The number of unbranched alkanes of at least 4 members (excludes halogenated alkanes) is 1. The first-order chi connectivity index (χ1) is 63.3. The molecule has 0 saturated carbocycles. The van der Waals surface area contributed by atoms with E-state index in [1.807, 2.05) is 6.92 Å². The number of aromatic nitrogens is 1. The summed E-state index contributed by atoms with van der Waals surface area (Å²) >= 11 is 0.805. The van der Waals surface area contributed by atoms with Crippen LogP contribution in [0.2, 0.25) is 0 Å². The summed E-state index contributed by atoms with van der Waals surface area (Å²) in [5, 5.41) is 68.2. The largest absolute Gasteiger partial charge is 0.508 e. The number of hydrogen-bond acceptors (Lipinski definition) is 20. The second kappa shape index (κ2) is 50.8. The minimum Gasteiger partial charge on any atom is -0.508 e. The molecule has 1 saturated heterocycles. The highest BCUT2D eigenvalue weighted by Gasteiger charge is 2.43. The lowest BCUT2D eigenvalue weighted by atomic mass is 9.98. The third-order valence-electron chi connectivity index (χ3n) is 22.7. The van der Waals surface area contributed by atoms with Crippen LogP contribution in [0.25, 0.3) is 10.9 Å². The Bertz CT molecular complexity index is 5220. The Morgan fingerprint density at radius 3 is 1.44 bits per heavy atom. The number of H-pyrrole nitrogens is 1. The Hall–Kier alpha value is -14.2. The first-order valence-electron chi connectivity index (χ1n) is 43.8. The number of carbonyl (C=O) groups is 17. The summed E-state index contributed by atoms with van der Waals surface area (Å²) in [5.74, 6) is -20.2. The summed E-state index contributed by atoms with van der Waals surface area (Å²) in [7, 11) is 5.08. The van der Waals surface area contributed by atoms with E-state index in [0.29, 0.717) is 57.1 Å². The summed E-state index contributed by atoms with van der Waals surface area (Å²) in [5.41, 5.74) is 8.74. The topological polar surface area (TPSA) is 546 Å². The molecule has 37 nitrogen and oxygen atoms in total. The third kappa shape index (κ3) is 31.8. The number of benzene rings is 6. The molecule has 17 N–H and O–H groups in total. The van der Waals surface area contributed by atoms with E-state index in [1.54, 1.807) is 135 Å². The Morgan fingerprint density at radius 2 is 0.895 bits per heavy atom. The Balaban J connectivity index is 1.24. The quantitative estimate of drug-likeness (QED) is 0.0369. The molecule has 1 aromatic heterocycles. The van der Waals surface area contributed by atoms with Crippen molar-refractivity contribution >= 4 is 123 Å². The van der Waals surface area contributed by atoms with Crippen LogP contribution in [0.15, 0.2) is 170 Å². The van der Waals surface area contributed by atoms with Gasteiger partial charge in [0.1, 0.15) is 84.0 Å². The first-order valence-corrected chi connectivity index (χ1v) is 45.0. The number of hydrogen-bond donors (Lipinski definition) is 16. The van der Waals surface area contributed by atoms with Crippen molar-refractivity contribution < 1.29 is 102 Å². The van der Waals surface area contributed by atoms with Gasteiger partial charge in [-0.2, -0.15) is 0 Å². The van der Waals surface area contributed by atoms with Crippen molar-refractivity contribution in [1.29, 1.82) is 0 Å². The molecular formula is C95H120N16O21S. The van der Waals surface area contributed by atoms with Crippen LogP contribution in [0, 0.1) is 11.8 Å². The number of amides is 15. The summed E-state index contributed by atoms with van der Waals surface area (Å²) in [6, 6.07) is 23.8. The number of likely N-dealkylation sites (N-methyl/N-ethyl adjacent to an activating group) is 4. The molecule has 1 unspecified atom stereocenters. The predicted octanol–water partition coefficient (Wildman–Crippen LogP) is 2.22. The maximum atomic E-state index is 15.8. The fourth-order valence-electron chi connectivity index (χ4n) is 15.3. The second-order valence-corrected chi connectivity index (χ2v) is 34.8. The number of primary amides is 1. The van der Waals surface area contributed by atoms with E-state index in [-0.39, 0.29) is 56.4 Å². The SMILES string of the molecule is CCCC[C@H]1C(=O)NCC(=O)N[C@@H](CC(=O)O)C(=O)N[C@@H](C(C)C)C(=O)N(C)[C@@H](Cc2ccccc2)C(=O)N[C@@H](Cc2ccc(O)cc2)C(=O)N(C)[C@@H](CCC(=O)O)C(=O)NC(Cc2c[nH]c3ccccc23)C(=O)N[C@@H](Cc2ccc(O)cc2)C(=O)N[C@@H](CC(C)C)C(=O)N[C@H](C(=O)NCC(N)=O)CSCC(=O)N[C@@H](Cc2ccccc2)C(=O)N(C)[C@@H](Cc2ccccc2)C(=O)N1C. The molecule has 2 heterocycles. The molecule has 712 valence electrons. The van der Waals surface area contributed by atoms with Crippen LogP contribution in [0.4, 0.5) is 0 Å². The monoisotopic (exact) mass is 1850 g/mol. The van der Waals surface area contributed by atoms with Crippen molar-refractivity contribution in [2.45, 2.75) is 191 Å². The highest BCUT2D eigenvalue weighted by molar-refractivity contribution is 8.00. The van der Waals surface area contributed by atoms with Crippen molar-refractivity contribution in [3.8, 4) is 11.5 Å². The lowest BCUT2D eigenvalue weighted by Crippen LogP contribution is -2.62. The maximum Gasteiger partial charge on any atom is 0.305 e. The highest BCUT2D eigenvalue weighted by atomic mass is 32.2. The Morgan fingerprint density at radius 1 is 0.451 bits per heavy atom. The Kier molecular flexibility index (Phi) is 39.8. The number of nitrogens with zero attached hydrogens (tertiary/aromatic N) is 4. The molecule has 1 aliphatic heterocycles. The number of rotatable bonds is 26. The number of phenolic OH excluding ortho intramolecular Hbond substituents is 2. The number of para-hydroxylation sites is 1. The zero-order valence-corrected chi connectivity index (χ0v) is 76.6. The van der Waals surface area contributed by atoms with Crippen molar-refractivity contribution in [3.05, 3.63) is 203 Å². The molecule has 8 rings (SSSR count). The van der Waals surface area contributed by atoms with E-state index in [9.17, 15) is 58.8 Å². The number of thioether (sulfide) groups is 1. The average molecular weight is 1850 g/mol. The van der Waals surface area contributed by atoms with Crippen molar-refractivity contribution in [1.82, 2.24) is 77.8 Å². The molecule has 12 atom stereocenters.